The number of rotatable bonds is 1. The highest BCUT2D eigenvalue weighted by Crippen LogP contribution is 2.31. The third-order valence-corrected chi connectivity index (χ3v) is 2.43. The Labute approximate surface area is 77.1 Å². The lowest BCUT2D eigenvalue weighted by Gasteiger charge is -2.04. The molecule has 0 spiro atoms. The second kappa shape index (κ2) is 2.82. The number of nitrogens with two attached hydrogens (primary N) is 1. The van der Waals surface area contributed by atoms with Crippen molar-refractivity contribution in [1.82, 2.24) is 0 Å². The quantitative estimate of drug-likeness (QED) is 0.705. The van der Waals surface area contributed by atoms with Gasteiger partial charge in [-0.05, 0) is 11.1 Å². The first-order valence-electron chi connectivity index (χ1n) is 4.28. The lowest BCUT2D eigenvalue weighted by molar-refractivity contribution is 0.0989. The Kier molecular flexibility index (Phi) is 1.78. The summed E-state index contributed by atoms with van der Waals surface area (Å²) in [7, 11) is 0. The van der Waals surface area contributed by atoms with Crippen LogP contribution in [0.1, 0.15) is 33.9 Å². The monoisotopic (exact) mass is 173 g/mol. The maximum Gasteiger partial charge on any atom is 0.165 e. The zero-order chi connectivity index (χ0) is 9.42. The van der Waals surface area contributed by atoms with Gasteiger partial charge in [-0.3, -0.25) is 4.79 Å². The average molecular weight is 173 g/mol. The van der Waals surface area contributed by atoms with Gasteiger partial charge < -0.3 is 5.73 Å². The van der Waals surface area contributed by atoms with Crippen molar-refractivity contribution < 1.29 is 4.79 Å². The van der Waals surface area contributed by atoms with Gasteiger partial charge in [-0.25, -0.2) is 0 Å². The van der Waals surface area contributed by atoms with Gasteiger partial charge in [-0.2, -0.15) is 0 Å². The topological polar surface area (TPSA) is 43.1 Å². The summed E-state index contributed by atoms with van der Waals surface area (Å²) in [6, 6.07) is 5.59. The highest BCUT2D eigenvalue weighted by molar-refractivity contribution is 6.04. The largest absolute Gasteiger partial charge is 0.324 e. The number of benzene rings is 1. The fourth-order valence-corrected chi connectivity index (χ4v) is 1.80. The van der Waals surface area contributed by atoms with Crippen LogP contribution in [-0.2, 0) is 0 Å². The number of fused-ring (bicyclic) bond motifs is 1. The molecule has 2 rings (SSSR count). The smallest absolute Gasteiger partial charge is 0.165 e. The fourth-order valence-electron chi connectivity index (χ4n) is 1.80. The summed E-state index contributed by atoms with van der Waals surface area (Å²) in [4.78, 5) is 11.5. The summed E-state index contributed by atoms with van der Waals surface area (Å²) in [5.41, 5.74) is 8.43. The van der Waals surface area contributed by atoms with Crippen LogP contribution in [0.2, 0.25) is 0 Å². The van der Waals surface area contributed by atoms with E-state index in [1.807, 2.05) is 18.2 Å². The maximum atomic E-state index is 11.5. The molecule has 2 N–H and O–H groups in total. The van der Waals surface area contributed by atoms with Gasteiger partial charge in [0, 0.05) is 18.0 Å². The third-order valence-electron chi connectivity index (χ3n) is 2.43. The molecule has 2 nitrogen and oxygen atoms in total. The van der Waals surface area contributed by atoms with Crippen molar-refractivity contribution in [3.8, 4) is 0 Å². The van der Waals surface area contributed by atoms with Crippen LogP contribution in [0.3, 0.4) is 0 Å². The van der Waals surface area contributed by atoms with E-state index in [-0.39, 0.29) is 11.8 Å². The highest BCUT2D eigenvalue weighted by Gasteiger charge is 2.27. The predicted molar refractivity (Wildman–Crippen MR) is 52.4 cm³/mol. The van der Waals surface area contributed by atoms with Crippen LogP contribution in [0.15, 0.2) is 24.8 Å². The minimum atomic E-state index is -0.123. The minimum Gasteiger partial charge on any atom is -0.324 e. The molecule has 13 heavy (non-hydrogen) atoms. The molecule has 0 radical (unpaired) electrons. The van der Waals surface area contributed by atoms with Gasteiger partial charge in [0.1, 0.15) is 0 Å². The number of hydrogen-bond acceptors (Lipinski definition) is 2. The van der Waals surface area contributed by atoms with Crippen molar-refractivity contribution in [2.45, 2.75) is 12.5 Å². The molecule has 66 valence electrons. The second-order valence-corrected chi connectivity index (χ2v) is 3.25. The van der Waals surface area contributed by atoms with Crippen molar-refractivity contribution in [1.29, 1.82) is 0 Å². The standard InChI is InChI=1S/C11H11NO/c1-2-7-4-3-5-8-9(12)6-10(13)11(7)8/h2-5,9H,1,6,12H2. The van der Waals surface area contributed by atoms with Gasteiger partial charge >= 0.3 is 0 Å². The molecule has 0 saturated heterocycles. The van der Waals surface area contributed by atoms with E-state index in [1.54, 1.807) is 6.08 Å². The molecule has 1 atom stereocenters. The normalized spacial score (nSPS) is 20.1. The lowest BCUT2D eigenvalue weighted by Crippen LogP contribution is -2.05. The van der Waals surface area contributed by atoms with E-state index in [1.165, 1.54) is 0 Å². The molecular weight excluding hydrogens is 162 g/mol. The van der Waals surface area contributed by atoms with Gasteiger partial charge in [-0.1, -0.05) is 30.9 Å². The molecule has 0 amide bonds. The lowest BCUT2D eigenvalue weighted by atomic mass is 10.0. The van der Waals surface area contributed by atoms with Gasteiger partial charge in [0.15, 0.2) is 5.78 Å². The van der Waals surface area contributed by atoms with Crippen LogP contribution in [0.4, 0.5) is 0 Å². The summed E-state index contributed by atoms with van der Waals surface area (Å²) < 4.78 is 0. The Balaban J connectivity index is 2.68. The highest BCUT2D eigenvalue weighted by atomic mass is 16.1. The number of Topliss-reactive ketones (excluding diaryl/α,β-unsaturated/α-hetero) is 1. The molecule has 0 heterocycles. The van der Waals surface area contributed by atoms with Crippen LogP contribution in [0.25, 0.3) is 6.08 Å². The van der Waals surface area contributed by atoms with Gasteiger partial charge in [0.25, 0.3) is 0 Å². The summed E-state index contributed by atoms with van der Waals surface area (Å²) in [6.07, 6.45) is 2.13. The predicted octanol–water partition coefficient (Wildman–Crippen LogP) is 1.92. The molecule has 0 aliphatic heterocycles. The second-order valence-electron chi connectivity index (χ2n) is 3.25. The molecular formula is C11H11NO. The molecule has 0 saturated carbocycles. The summed E-state index contributed by atoms with van der Waals surface area (Å²) in [5.74, 6) is 0.137. The third kappa shape index (κ3) is 1.11. The Morgan fingerprint density at radius 3 is 3.00 bits per heavy atom. The number of ketones is 1. The van der Waals surface area contributed by atoms with E-state index >= 15 is 0 Å². The van der Waals surface area contributed by atoms with Gasteiger partial charge in [0.05, 0.1) is 0 Å². The molecule has 1 aromatic rings. The summed E-state index contributed by atoms with van der Waals surface area (Å²) in [6.45, 7) is 3.67. The van der Waals surface area contributed by atoms with Crippen LogP contribution in [0, 0.1) is 0 Å². The van der Waals surface area contributed by atoms with E-state index in [9.17, 15) is 4.79 Å². The van der Waals surface area contributed by atoms with Crippen LogP contribution in [0.5, 0.6) is 0 Å². The average Bonchev–Trinajstić information content (AvgIpc) is 2.43. The molecule has 1 unspecified atom stereocenters. The van der Waals surface area contributed by atoms with Crippen LogP contribution < -0.4 is 5.73 Å². The van der Waals surface area contributed by atoms with Crippen LogP contribution >= 0.6 is 0 Å². The van der Waals surface area contributed by atoms with E-state index in [0.717, 1.165) is 16.7 Å². The molecule has 0 bridgehead atoms. The van der Waals surface area contributed by atoms with Crippen molar-refractivity contribution in [2.24, 2.45) is 5.73 Å². The Morgan fingerprint density at radius 1 is 1.54 bits per heavy atom. The molecule has 2 heteroatoms. The SMILES string of the molecule is C=Cc1cccc2c1C(=O)CC2N. The first kappa shape index (κ1) is 8.20. The van der Waals surface area contributed by atoms with E-state index in [4.69, 9.17) is 5.73 Å². The van der Waals surface area contributed by atoms with E-state index in [0.29, 0.717) is 6.42 Å². The summed E-state index contributed by atoms with van der Waals surface area (Å²) >= 11 is 0. The van der Waals surface area contributed by atoms with Crippen LogP contribution in [-0.4, -0.2) is 5.78 Å². The number of carbonyl (C=O) groups is 1. The first-order valence-corrected chi connectivity index (χ1v) is 4.28. The first-order chi connectivity index (χ1) is 6.24. The van der Waals surface area contributed by atoms with Crippen molar-refractivity contribution in [3.63, 3.8) is 0 Å². The molecule has 1 aliphatic carbocycles. The Hall–Kier alpha value is -1.41. The maximum absolute atomic E-state index is 11.5. The zero-order valence-corrected chi connectivity index (χ0v) is 7.29. The molecule has 1 aromatic carbocycles. The zero-order valence-electron chi connectivity index (χ0n) is 7.29. The molecule has 1 aliphatic rings. The summed E-state index contributed by atoms with van der Waals surface area (Å²) in [5, 5.41) is 0. The Morgan fingerprint density at radius 2 is 2.31 bits per heavy atom. The Bertz CT molecular complexity index is 382. The molecule has 0 fully saturated rings. The molecule has 0 aromatic heterocycles. The minimum absolute atomic E-state index is 0.123. The van der Waals surface area contributed by atoms with Gasteiger partial charge in [0.2, 0.25) is 0 Å². The fraction of sp³-hybridized carbons (Fsp3) is 0.182. The van der Waals surface area contributed by atoms with Crippen molar-refractivity contribution >= 4 is 11.9 Å². The van der Waals surface area contributed by atoms with E-state index in [2.05, 4.69) is 6.58 Å². The van der Waals surface area contributed by atoms with E-state index < -0.39 is 0 Å². The van der Waals surface area contributed by atoms with Crippen molar-refractivity contribution in [3.05, 3.63) is 41.5 Å². The van der Waals surface area contributed by atoms with Crippen molar-refractivity contribution in [2.75, 3.05) is 0 Å². The number of carbonyl (C=O) groups excluding carboxylic acids is 1. The van der Waals surface area contributed by atoms with Gasteiger partial charge in [-0.15, -0.1) is 0 Å². The number of hydrogen-bond donors (Lipinski definition) is 1.